The number of amides is 1. The van der Waals surface area contributed by atoms with E-state index < -0.39 is 0 Å². The van der Waals surface area contributed by atoms with Crippen LogP contribution in [0.4, 0.5) is 17.3 Å². The van der Waals surface area contributed by atoms with Gasteiger partial charge in [-0.3, -0.25) is 4.79 Å². The van der Waals surface area contributed by atoms with Gasteiger partial charge in [0, 0.05) is 18.0 Å². The average Bonchev–Trinajstić information content (AvgIpc) is 2.70. The number of hydrogen-bond donors (Lipinski definition) is 2. The van der Waals surface area contributed by atoms with E-state index in [1.165, 1.54) is 13.3 Å². The van der Waals surface area contributed by atoms with Gasteiger partial charge in [0.15, 0.2) is 0 Å². The third-order valence-electron chi connectivity index (χ3n) is 3.85. The summed E-state index contributed by atoms with van der Waals surface area (Å²) in [6.07, 6.45) is 1.53. The van der Waals surface area contributed by atoms with Crippen molar-refractivity contribution in [3.8, 4) is 11.5 Å². The molecule has 0 saturated carbocycles. The van der Waals surface area contributed by atoms with Crippen LogP contribution in [0.25, 0.3) is 0 Å². The number of carbonyl (C=O) groups excluding carboxylic acids is 1. The van der Waals surface area contributed by atoms with E-state index in [-0.39, 0.29) is 11.6 Å². The largest absolute Gasteiger partial charge is 0.497 e. The zero-order chi connectivity index (χ0) is 19.2. The van der Waals surface area contributed by atoms with Crippen molar-refractivity contribution in [1.82, 2.24) is 9.97 Å². The summed E-state index contributed by atoms with van der Waals surface area (Å²) in [7, 11) is 3.09. The molecule has 1 amide bonds. The molecule has 0 aliphatic heterocycles. The lowest BCUT2D eigenvalue weighted by atomic mass is 10.2. The van der Waals surface area contributed by atoms with Crippen molar-refractivity contribution in [1.29, 1.82) is 0 Å². The Morgan fingerprint density at radius 2 is 1.78 bits per heavy atom. The number of hydrogen-bond acceptors (Lipinski definition) is 6. The van der Waals surface area contributed by atoms with Gasteiger partial charge < -0.3 is 20.1 Å². The molecule has 7 heteroatoms. The van der Waals surface area contributed by atoms with Gasteiger partial charge in [-0.25, -0.2) is 9.97 Å². The van der Waals surface area contributed by atoms with Crippen LogP contribution >= 0.6 is 0 Å². The maximum absolute atomic E-state index is 12.6. The van der Waals surface area contributed by atoms with Gasteiger partial charge in [-0.15, -0.1) is 0 Å². The van der Waals surface area contributed by atoms with E-state index in [2.05, 4.69) is 20.6 Å². The number of anilines is 3. The van der Waals surface area contributed by atoms with Crippen LogP contribution in [0.1, 0.15) is 16.1 Å². The van der Waals surface area contributed by atoms with Crippen LogP contribution in [-0.4, -0.2) is 30.1 Å². The van der Waals surface area contributed by atoms with E-state index >= 15 is 0 Å². The molecule has 0 unspecified atom stereocenters. The lowest BCUT2D eigenvalue weighted by Crippen LogP contribution is -2.15. The fraction of sp³-hybridized carbons (Fsp3) is 0.150. The van der Waals surface area contributed by atoms with Gasteiger partial charge in [0.25, 0.3) is 5.91 Å². The van der Waals surface area contributed by atoms with Gasteiger partial charge >= 0.3 is 0 Å². The number of benzene rings is 2. The van der Waals surface area contributed by atoms with Crippen LogP contribution < -0.4 is 20.1 Å². The van der Waals surface area contributed by atoms with Crippen LogP contribution in [0.3, 0.4) is 0 Å². The molecule has 0 radical (unpaired) electrons. The normalized spacial score (nSPS) is 10.2. The van der Waals surface area contributed by atoms with Gasteiger partial charge in [-0.2, -0.15) is 0 Å². The number of carbonyl (C=O) groups is 1. The topological polar surface area (TPSA) is 85.4 Å². The van der Waals surface area contributed by atoms with E-state index in [9.17, 15) is 4.79 Å². The predicted octanol–water partition coefficient (Wildman–Crippen LogP) is 3.80. The number of methoxy groups -OCH3 is 2. The second-order valence-electron chi connectivity index (χ2n) is 5.78. The Kier molecular flexibility index (Phi) is 5.51. The zero-order valence-corrected chi connectivity index (χ0v) is 15.3. The first kappa shape index (κ1) is 18.2. The molecule has 2 N–H and O–H groups in total. The molecule has 0 atom stereocenters. The summed E-state index contributed by atoms with van der Waals surface area (Å²) >= 11 is 0. The first-order chi connectivity index (χ1) is 13.1. The summed E-state index contributed by atoms with van der Waals surface area (Å²) < 4.78 is 10.5. The van der Waals surface area contributed by atoms with Crippen molar-refractivity contribution in [2.24, 2.45) is 0 Å². The average molecular weight is 364 g/mol. The van der Waals surface area contributed by atoms with Crippen LogP contribution in [0, 0.1) is 6.92 Å². The summed E-state index contributed by atoms with van der Waals surface area (Å²) in [6, 6.07) is 14.5. The van der Waals surface area contributed by atoms with Gasteiger partial charge in [-0.05, 0) is 37.3 Å². The second-order valence-corrected chi connectivity index (χ2v) is 5.78. The summed E-state index contributed by atoms with van der Waals surface area (Å²) in [4.78, 5) is 21.0. The lowest BCUT2D eigenvalue weighted by Gasteiger charge is -2.12. The van der Waals surface area contributed by atoms with E-state index in [0.29, 0.717) is 23.1 Å². The molecule has 7 nitrogen and oxygen atoms in total. The highest BCUT2D eigenvalue weighted by Crippen LogP contribution is 2.29. The monoisotopic (exact) mass is 364 g/mol. The molecule has 0 bridgehead atoms. The van der Waals surface area contributed by atoms with E-state index in [0.717, 1.165) is 11.3 Å². The molecule has 27 heavy (non-hydrogen) atoms. The number of nitrogens with one attached hydrogen (secondary N) is 2. The molecule has 138 valence electrons. The summed E-state index contributed by atoms with van der Waals surface area (Å²) in [6.45, 7) is 2.01. The standard InChI is InChI=1S/C20H20N4O3/c1-13-4-6-14(7-5-13)22-20-21-11-10-16(24-20)19(25)23-17-12-15(26-2)8-9-18(17)27-3/h4-12H,1-3H3,(H,23,25)(H,21,22,24). The van der Waals surface area contributed by atoms with Crippen molar-refractivity contribution in [3.63, 3.8) is 0 Å². The quantitative estimate of drug-likeness (QED) is 0.692. The fourth-order valence-electron chi connectivity index (χ4n) is 2.41. The molecular weight excluding hydrogens is 344 g/mol. The number of rotatable bonds is 6. The summed E-state index contributed by atoms with van der Waals surface area (Å²) in [5, 5.41) is 5.87. The molecule has 0 spiro atoms. The van der Waals surface area contributed by atoms with E-state index in [1.54, 1.807) is 31.4 Å². The minimum Gasteiger partial charge on any atom is -0.497 e. The van der Waals surface area contributed by atoms with Crippen molar-refractivity contribution < 1.29 is 14.3 Å². The molecular formula is C20H20N4O3. The maximum atomic E-state index is 12.6. The Bertz CT molecular complexity index is 942. The lowest BCUT2D eigenvalue weighted by molar-refractivity contribution is 0.102. The van der Waals surface area contributed by atoms with Gasteiger partial charge in [0.1, 0.15) is 17.2 Å². The second kappa shape index (κ2) is 8.18. The molecule has 0 saturated heterocycles. The number of nitrogens with zero attached hydrogens (tertiary/aromatic N) is 2. The van der Waals surface area contributed by atoms with Crippen LogP contribution in [0.2, 0.25) is 0 Å². The van der Waals surface area contributed by atoms with Gasteiger partial charge in [0.05, 0.1) is 19.9 Å². The van der Waals surface area contributed by atoms with Crippen LogP contribution in [-0.2, 0) is 0 Å². The third-order valence-corrected chi connectivity index (χ3v) is 3.85. The zero-order valence-electron chi connectivity index (χ0n) is 15.3. The molecule has 0 aliphatic carbocycles. The minimum absolute atomic E-state index is 0.226. The summed E-state index contributed by atoms with van der Waals surface area (Å²) in [5.74, 6) is 1.09. The molecule has 1 heterocycles. The van der Waals surface area contributed by atoms with Crippen LogP contribution in [0.15, 0.2) is 54.7 Å². The Morgan fingerprint density at radius 1 is 1.00 bits per heavy atom. The fourth-order valence-corrected chi connectivity index (χ4v) is 2.41. The van der Waals surface area contributed by atoms with Gasteiger partial charge in [-0.1, -0.05) is 17.7 Å². The Balaban J connectivity index is 1.78. The smallest absolute Gasteiger partial charge is 0.274 e. The van der Waals surface area contributed by atoms with Crippen LogP contribution in [0.5, 0.6) is 11.5 Å². The predicted molar refractivity (Wildman–Crippen MR) is 104 cm³/mol. The third kappa shape index (κ3) is 4.52. The van der Waals surface area contributed by atoms with E-state index in [1.807, 2.05) is 31.2 Å². The highest BCUT2D eigenvalue weighted by atomic mass is 16.5. The van der Waals surface area contributed by atoms with Crippen molar-refractivity contribution in [3.05, 3.63) is 66.0 Å². The molecule has 3 rings (SSSR count). The van der Waals surface area contributed by atoms with Crippen molar-refractivity contribution in [2.45, 2.75) is 6.92 Å². The molecule has 3 aromatic rings. The minimum atomic E-state index is -0.379. The van der Waals surface area contributed by atoms with Crippen molar-refractivity contribution >= 4 is 23.2 Å². The Hall–Kier alpha value is -3.61. The Labute approximate surface area is 157 Å². The molecule has 1 aromatic heterocycles. The SMILES string of the molecule is COc1ccc(OC)c(NC(=O)c2ccnc(Nc3ccc(C)cc3)n2)c1. The molecule has 0 aliphatic rings. The van der Waals surface area contributed by atoms with Crippen molar-refractivity contribution in [2.75, 3.05) is 24.9 Å². The maximum Gasteiger partial charge on any atom is 0.274 e. The summed E-state index contributed by atoms with van der Waals surface area (Å²) in [5.41, 5.74) is 2.72. The number of ether oxygens (including phenoxy) is 2. The molecule has 2 aromatic carbocycles. The highest BCUT2D eigenvalue weighted by Gasteiger charge is 2.13. The Morgan fingerprint density at radius 3 is 2.48 bits per heavy atom. The van der Waals surface area contributed by atoms with E-state index in [4.69, 9.17) is 9.47 Å². The van der Waals surface area contributed by atoms with Gasteiger partial charge in [0.2, 0.25) is 5.95 Å². The number of aryl methyl sites for hydroxylation is 1. The first-order valence-corrected chi connectivity index (χ1v) is 8.29. The number of aromatic nitrogens is 2. The molecule has 0 fully saturated rings. The first-order valence-electron chi connectivity index (χ1n) is 8.29. The highest BCUT2D eigenvalue weighted by molar-refractivity contribution is 6.04.